The van der Waals surface area contributed by atoms with Gasteiger partial charge in [0.25, 0.3) is 0 Å². The predicted octanol–water partition coefficient (Wildman–Crippen LogP) is 10.8. The summed E-state index contributed by atoms with van der Waals surface area (Å²) in [5.41, 5.74) is 4.36. The van der Waals surface area contributed by atoms with Gasteiger partial charge in [-0.05, 0) is 47.8 Å². The smallest absolute Gasteiger partial charge is 0.162 e. The van der Waals surface area contributed by atoms with Crippen LogP contribution >= 0.6 is 0 Å². The first-order valence-electron chi connectivity index (χ1n) is 15.2. The summed E-state index contributed by atoms with van der Waals surface area (Å²) in [4.78, 5) is 16.3. The maximum Gasteiger partial charge on any atom is 0.162 e. The van der Waals surface area contributed by atoms with Crippen LogP contribution in [0.4, 0.5) is 8.78 Å². The fourth-order valence-electron chi connectivity index (χ4n) is 5.18. The zero-order valence-corrected chi connectivity index (χ0v) is 29.2. The second-order valence-electron chi connectivity index (χ2n) is 12.0. The minimum Gasteiger partial charge on any atom is -0.512 e. The number of halogens is 2. The van der Waals surface area contributed by atoms with E-state index in [1.807, 2.05) is 58.2 Å². The quantitative estimate of drug-likeness (QED) is 0.105. The number of hydrogen-bond acceptors (Lipinski definition) is 3. The van der Waals surface area contributed by atoms with Gasteiger partial charge in [-0.15, -0.1) is 17.5 Å². The van der Waals surface area contributed by atoms with Crippen molar-refractivity contribution < 1.29 is 38.8 Å². The van der Waals surface area contributed by atoms with Crippen molar-refractivity contribution in [2.24, 2.45) is 11.8 Å². The molecule has 0 unspecified atom stereocenters. The van der Waals surface area contributed by atoms with Crippen molar-refractivity contribution in [1.82, 2.24) is 4.98 Å². The second kappa shape index (κ2) is 16.7. The third-order valence-electron chi connectivity index (χ3n) is 7.93. The summed E-state index contributed by atoms with van der Waals surface area (Å²) < 4.78 is 28.0. The maximum absolute atomic E-state index is 14.6. The maximum atomic E-state index is 14.6. The van der Waals surface area contributed by atoms with Crippen LogP contribution < -0.4 is 0 Å². The van der Waals surface area contributed by atoms with E-state index in [0.29, 0.717) is 16.6 Å². The molecule has 0 aliphatic carbocycles. The van der Waals surface area contributed by atoms with E-state index >= 15 is 0 Å². The van der Waals surface area contributed by atoms with E-state index in [1.54, 1.807) is 6.07 Å². The van der Waals surface area contributed by atoms with Crippen LogP contribution in [0.3, 0.4) is 0 Å². The minimum atomic E-state index is -0.480. The van der Waals surface area contributed by atoms with Crippen LogP contribution in [-0.4, -0.2) is 15.9 Å². The number of aliphatic hydroxyl groups is 1. The molecule has 4 aromatic rings. The number of fused-ring (bicyclic) bond motifs is 1. The molecule has 1 radical (unpaired) electrons. The standard InChI is InChI=1S/C25H20F2N.C13H24O2.Ir/c1-25(2,3)22-15-28-24(14-20(22)16-7-5-4-6-8-16)18-11-17-9-10-19(26)13-21(17)23(27)12-18;1-5-10(6-2)12(14)9-13(15)11(7-3)8-4;/h4-10,12-15H,1-3H3;9-11,14H,5-8H2,1-4H3;/q-1;;/b;12-9-;. The van der Waals surface area contributed by atoms with Crippen LogP contribution in [0.5, 0.6) is 0 Å². The summed E-state index contributed by atoms with van der Waals surface area (Å²) in [5.74, 6) is -0.399. The number of ketones is 1. The number of carbonyl (C=O) groups is 1. The number of aromatic nitrogens is 1. The molecule has 3 aromatic carbocycles. The van der Waals surface area contributed by atoms with Crippen LogP contribution in [0.1, 0.15) is 79.7 Å². The predicted molar refractivity (Wildman–Crippen MR) is 174 cm³/mol. The molecular formula is C38H44F2IrNO2-. The molecule has 237 valence electrons. The fourth-order valence-corrected chi connectivity index (χ4v) is 5.18. The van der Waals surface area contributed by atoms with Crippen molar-refractivity contribution in [2.45, 2.75) is 79.6 Å². The summed E-state index contributed by atoms with van der Waals surface area (Å²) in [6.07, 6.45) is 6.77. The molecule has 4 rings (SSSR count). The molecule has 0 aliphatic rings. The largest absolute Gasteiger partial charge is 0.512 e. The Bertz CT molecular complexity index is 1550. The number of aliphatic hydroxyl groups excluding tert-OH is 1. The zero-order valence-electron chi connectivity index (χ0n) is 26.8. The van der Waals surface area contributed by atoms with Crippen molar-refractivity contribution in [3.05, 3.63) is 102 Å². The van der Waals surface area contributed by atoms with E-state index in [0.717, 1.165) is 42.4 Å². The van der Waals surface area contributed by atoms with Crippen molar-refractivity contribution in [3.8, 4) is 22.4 Å². The zero-order chi connectivity index (χ0) is 31.7. The number of carbonyl (C=O) groups excluding carboxylic acids is 1. The van der Waals surface area contributed by atoms with Crippen LogP contribution in [-0.2, 0) is 30.3 Å². The Morgan fingerprint density at radius 2 is 1.52 bits per heavy atom. The van der Waals surface area contributed by atoms with Crippen LogP contribution in [0.2, 0.25) is 0 Å². The third-order valence-corrected chi connectivity index (χ3v) is 7.93. The van der Waals surface area contributed by atoms with E-state index in [4.69, 9.17) is 0 Å². The van der Waals surface area contributed by atoms with E-state index in [9.17, 15) is 18.7 Å². The first kappa shape index (κ1) is 37.0. The molecule has 0 saturated carbocycles. The molecule has 1 heterocycles. The van der Waals surface area contributed by atoms with E-state index in [-0.39, 0.29) is 54.3 Å². The molecule has 0 fully saturated rings. The Balaban J connectivity index is 0.000000363. The number of nitrogens with zero attached hydrogens (tertiary/aromatic N) is 1. The summed E-state index contributed by atoms with van der Waals surface area (Å²) >= 11 is 0. The Morgan fingerprint density at radius 3 is 2.09 bits per heavy atom. The van der Waals surface area contributed by atoms with Crippen LogP contribution in [0, 0.1) is 29.5 Å². The van der Waals surface area contributed by atoms with Crippen molar-refractivity contribution in [1.29, 1.82) is 0 Å². The third kappa shape index (κ3) is 9.39. The molecule has 0 spiro atoms. The van der Waals surface area contributed by atoms with Gasteiger partial charge in [-0.1, -0.05) is 114 Å². The van der Waals surface area contributed by atoms with Gasteiger partial charge in [-0.3, -0.25) is 9.78 Å². The normalized spacial score (nSPS) is 11.8. The van der Waals surface area contributed by atoms with Gasteiger partial charge in [0.05, 0.1) is 11.6 Å². The van der Waals surface area contributed by atoms with Gasteiger partial charge in [0.2, 0.25) is 0 Å². The molecule has 44 heavy (non-hydrogen) atoms. The van der Waals surface area contributed by atoms with Crippen molar-refractivity contribution in [2.75, 3.05) is 0 Å². The Hall–Kier alpha value is -3.21. The molecule has 1 aromatic heterocycles. The SMILES string of the molecule is CC(C)(C)c1cnc(-c2[c-]c3ccc(F)cc3c(F)c2)cc1-c1ccccc1.CCC(CC)C(=O)/C=C(\O)C(CC)CC.[Ir]. The molecule has 0 amide bonds. The first-order valence-corrected chi connectivity index (χ1v) is 15.2. The van der Waals surface area contributed by atoms with Crippen LogP contribution in [0.25, 0.3) is 33.2 Å². The average molecular weight is 777 g/mol. The van der Waals surface area contributed by atoms with Gasteiger partial charge in [-0.2, -0.15) is 0 Å². The Kier molecular flexibility index (Phi) is 14.1. The van der Waals surface area contributed by atoms with Crippen molar-refractivity contribution >= 4 is 16.6 Å². The molecule has 6 heteroatoms. The Morgan fingerprint density at radius 1 is 0.909 bits per heavy atom. The number of benzene rings is 3. The number of allylic oxidation sites excluding steroid dienone is 2. The van der Waals surface area contributed by atoms with Gasteiger partial charge >= 0.3 is 0 Å². The second-order valence-corrected chi connectivity index (χ2v) is 12.0. The molecule has 1 N–H and O–H groups in total. The molecule has 3 nitrogen and oxygen atoms in total. The number of rotatable bonds is 9. The van der Waals surface area contributed by atoms with E-state index in [2.05, 4.69) is 44.0 Å². The molecule has 0 saturated heterocycles. The molecular weight excluding hydrogens is 733 g/mol. The topological polar surface area (TPSA) is 50.2 Å². The Labute approximate surface area is 275 Å². The van der Waals surface area contributed by atoms with Gasteiger partial charge in [0, 0.05) is 49.9 Å². The van der Waals surface area contributed by atoms with Gasteiger partial charge in [0.1, 0.15) is 5.82 Å². The van der Waals surface area contributed by atoms with Crippen LogP contribution in [0.15, 0.2) is 78.7 Å². The van der Waals surface area contributed by atoms with Gasteiger partial charge in [0.15, 0.2) is 5.78 Å². The summed E-state index contributed by atoms with van der Waals surface area (Å²) in [7, 11) is 0. The fraction of sp³-hybridized carbons (Fsp3) is 0.368. The summed E-state index contributed by atoms with van der Waals surface area (Å²) in [6, 6.07) is 20.7. The van der Waals surface area contributed by atoms with Gasteiger partial charge in [-0.25, -0.2) is 8.78 Å². The van der Waals surface area contributed by atoms with Crippen molar-refractivity contribution in [3.63, 3.8) is 0 Å². The summed E-state index contributed by atoms with van der Waals surface area (Å²) in [5, 5.41) is 10.5. The summed E-state index contributed by atoms with van der Waals surface area (Å²) in [6.45, 7) is 14.5. The van der Waals surface area contributed by atoms with E-state index in [1.165, 1.54) is 24.3 Å². The first-order chi connectivity index (χ1) is 20.4. The number of pyridine rings is 1. The minimum absolute atomic E-state index is 0. The average Bonchev–Trinajstić information content (AvgIpc) is 2.98. The monoisotopic (exact) mass is 777 g/mol. The molecule has 0 atom stereocenters. The molecule has 0 aliphatic heterocycles. The number of hydrogen-bond donors (Lipinski definition) is 1. The molecule has 0 bridgehead atoms. The van der Waals surface area contributed by atoms with Gasteiger partial charge < -0.3 is 5.11 Å². The van der Waals surface area contributed by atoms with E-state index < -0.39 is 11.6 Å².